The van der Waals surface area contributed by atoms with E-state index in [4.69, 9.17) is 18.9 Å². The first kappa shape index (κ1) is 21.8. The normalized spacial score (nSPS) is 65.0. The van der Waals surface area contributed by atoms with Crippen molar-refractivity contribution in [2.75, 3.05) is 6.61 Å². The van der Waals surface area contributed by atoms with E-state index in [-0.39, 0.29) is 18.8 Å². The zero-order valence-corrected chi connectivity index (χ0v) is 21.0. The molecule has 9 heteroatoms. The molecule has 0 radical (unpaired) electrons. The van der Waals surface area contributed by atoms with Crippen molar-refractivity contribution in [1.29, 1.82) is 0 Å². The zero-order chi connectivity index (χ0) is 25.8. The lowest BCUT2D eigenvalue weighted by molar-refractivity contribution is -0.372. The van der Waals surface area contributed by atoms with E-state index in [9.17, 15) is 24.6 Å². The Hall–Kier alpha value is -2.07. The molecule has 4 saturated heterocycles. The zero-order valence-electron chi connectivity index (χ0n) is 21.0. The van der Waals surface area contributed by atoms with Crippen LogP contribution in [0, 0.1) is 40.4 Å². The van der Waals surface area contributed by atoms with E-state index in [1.54, 1.807) is 13.0 Å². The molecule has 1 spiro atoms. The number of ketones is 1. The number of aliphatic hydroxyl groups is 2. The third-order valence-electron chi connectivity index (χ3n) is 12.9. The number of hydrogen-bond donors (Lipinski definition) is 2. The number of hydrogen-bond acceptors (Lipinski definition) is 9. The molecule has 2 N–H and O–H groups in total. The van der Waals surface area contributed by atoms with Crippen LogP contribution in [0.1, 0.15) is 46.5 Å². The van der Waals surface area contributed by atoms with Crippen LogP contribution in [-0.4, -0.2) is 68.8 Å². The van der Waals surface area contributed by atoms with Gasteiger partial charge in [-0.15, -0.1) is 0 Å². The standard InChI is InChI=1S/C28H30O9/c1-22-10-17-24(3)27-20(22)26(33)14(9-25(27,32)21(31)36-24)18-13(8-7-12-5-4-6-16(29)23(12,18)2)28(26,37-27)34-11-15(22)19(30)35-17/h4,6-7,13-15,17-18,20,32-33H,5,8-11H2,1-3H3/t13-,14?,15+,17-,18-,20-,22-,23-,24+,25+,26-,27+,28-/m1/s1. The van der Waals surface area contributed by atoms with Gasteiger partial charge in [-0.3, -0.25) is 9.59 Å². The summed E-state index contributed by atoms with van der Waals surface area (Å²) >= 11 is 0. The van der Waals surface area contributed by atoms with Gasteiger partial charge in [0.1, 0.15) is 11.7 Å². The maximum atomic E-state index is 13.7. The van der Waals surface area contributed by atoms with E-state index in [0.717, 1.165) is 5.57 Å². The third kappa shape index (κ3) is 1.65. The van der Waals surface area contributed by atoms with Gasteiger partial charge in [-0.25, -0.2) is 4.79 Å². The highest BCUT2D eigenvalue weighted by molar-refractivity contribution is 5.99. The molecule has 4 aliphatic heterocycles. The fraction of sp³-hybridized carbons (Fsp3) is 0.750. The fourth-order valence-electron chi connectivity index (χ4n) is 11.6. The summed E-state index contributed by atoms with van der Waals surface area (Å²) in [7, 11) is 0. The lowest BCUT2D eigenvalue weighted by Crippen LogP contribution is -2.82. The van der Waals surface area contributed by atoms with E-state index < -0.39 is 86.7 Å². The summed E-state index contributed by atoms with van der Waals surface area (Å²) in [5.41, 5.74) is -7.71. The number of allylic oxidation sites excluding steroid dienone is 4. The first-order valence-corrected chi connectivity index (χ1v) is 13.5. The third-order valence-corrected chi connectivity index (χ3v) is 12.9. The molecule has 196 valence electrons. The molecule has 0 aromatic heterocycles. The van der Waals surface area contributed by atoms with Gasteiger partial charge in [0, 0.05) is 17.8 Å². The largest absolute Gasteiger partial charge is 0.458 e. The molecule has 1 unspecified atom stereocenters. The van der Waals surface area contributed by atoms with Crippen LogP contribution < -0.4 is 0 Å². The van der Waals surface area contributed by atoms with Crippen molar-refractivity contribution in [3.05, 3.63) is 23.8 Å². The van der Waals surface area contributed by atoms with E-state index in [1.165, 1.54) is 0 Å². The average molecular weight is 511 g/mol. The fourth-order valence-corrected chi connectivity index (χ4v) is 11.6. The van der Waals surface area contributed by atoms with E-state index in [2.05, 4.69) is 6.08 Å². The van der Waals surface area contributed by atoms with Gasteiger partial charge >= 0.3 is 11.9 Å². The van der Waals surface area contributed by atoms with E-state index in [0.29, 0.717) is 19.3 Å². The Morgan fingerprint density at radius 1 is 1.05 bits per heavy atom. The van der Waals surface area contributed by atoms with Gasteiger partial charge in [0.15, 0.2) is 22.6 Å². The van der Waals surface area contributed by atoms with Crippen molar-refractivity contribution in [2.45, 2.75) is 80.7 Å². The Kier molecular flexibility index (Phi) is 3.23. The Morgan fingerprint density at radius 3 is 2.62 bits per heavy atom. The van der Waals surface area contributed by atoms with Crippen LogP contribution in [-0.2, 0) is 33.3 Å². The van der Waals surface area contributed by atoms with Gasteiger partial charge in [0.05, 0.1) is 17.9 Å². The van der Waals surface area contributed by atoms with Crippen molar-refractivity contribution in [2.24, 2.45) is 40.4 Å². The minimum absolute atomic E-state index is 0.00202. The highest BCUT2D eigenvalue weighted by Crippen LogP contribution is 2.85. The summed E-state index contributed by atoms with van der Waals surface area (Å²) in [6, 6.07) is 0. The number of ether oxygens (including phenoxy) is 4. The summed E-state index contributed by atoms with van der Waals surface area (Å²) < 4.78 is 25.6. The van der Waals surface area contributed by atoms with Crippen LogP contribution in [0.15, 0.2) is 23.8 Å². The van der Waals surface area contributed by atoms with Crippen LogP contribution in [0.3, 0.4) is 0 Å². The van der Waals surface area contributed by atoms with Crippen LogP contribution in [0.25, 0.3) is 0 Å². The van der Waals surface area contributed by atoms with Crippen LogP contribution >= 0.6 is 0 Å². The molecule has 37 heavy (non-hydrogen) atoms. The SMILES string of the molecule is C[C@]12C(=O)C=CCC1=CC[C@@H]1[C@@H]2C2C[C@]3(O)C(=O)O[C@@]4(C)[C@H]5C[C@]6(C)[C@@H](CO[C@@]17O[C@@]43[C@H]6[C@]27O)C(=O)O5. The molecular formula is C28H30O9. The molecule has 9 nitrogen and oxygen atoms in total. The molecular weight excluding hydrogens is 480 g/mol. The molecule has 9 aliphatic rings. The topological polar surface area (TPSA) is 129 Å². The van der Waals surface area contributed by atoms with Gasteiger partial charge in [-0.05, 0) is 56.9 Å². The predicted molar refractivity (Wildman–Crippen MR) is 121 cm³/mol. The minimum atomic E-state index is -2.09. The second kappa shape index (κ2) is 5.48. The summed E-state index contributed by atoms with van der Waals surface area (Å²) in [4.78, 5) is 40.7. The van der Waals surface area contributed by atoms with Crippen molar-refractivity contribution in [1.82, 2.24) is 0 Å². The monoisotopic (exact) mass is 510 g/mol. The van der Waals surface area contributed by atoms with Crippen LogP contribution in [0.2, 0.25) is 0 Å². The average Bonchev–Trinajstić information content (AvgIpc) is 3.21. The second-order valence-electron chi connectivity index (χ2n) is 13.7. The smallest absolute Gasteiger partial charge is 0.342 e. The summed E-state index contributed by atoms with van der Waals surface area (Å²) in [6.45, 7) is 5.53. The van der Waals surface area contributed by atoms with Gasteiger partial charge in [0.2, 0.25) is 5.79 Å². The number of fused-ring (bicyclic) bond motifs is 6. The van der Waals surface area contributed by atoms with E-state index >= 15 is 0 Å². The van der Waals surface area contributed by atoms with Crippen LogP contribution in [0.4, 0.5) is 0 Å². The maximum Gasteiger partial charge on any atom is 0.342 e. The molecule has 0 amide bonds. The molecule has 5 aliphatic carbocycles. The number of carbonyl (C=O) groups excluding carboxylic acids is 3. The van der Waals surface area contributed by atoms with E-state index in [1.807, 2.05) is 19.9 Å². The molecule has 0 aromatic carbocycles. The summed E-state index contributed by atoms with van der Waals surface area (Å²) in [5, 5.41) is 25.7. The predicted octanol–water partition coefficient (Wildman–Crippen LogP) is 0.959. The number of carbonyl (C=O) groups is 3. The first-order chi connectivity index (χ1) is 17.4. The number of esters is 2. The highest BCUT2D eigenvalue weighted by atomic mass is 16.8. The van der Waals surface area contributed by atoms with Crippen LogP contribution in [0.5, 0.6) is 0 Å². The molecule has 3 saturated carbocycles. The summed E-state index contributed by atoms with van der Waals surface area (Å²) in [6.07, 6.45) is 6.15. The molecule has 9 rings (SSSR count). The lowest BCUT2D eigenvalue weighted by atomic mass is 9.39. The molecule has 0 aromatic rings. The molecule has 7 fully saturated rings. The first-order valence-electron chi connectivity index (χ1n) is 13.5. The van der Waals surface area contributed by atoms with Crippen molar-refractivity contribution >= 4 is 17.7 Å². The van der Waals surface area contributed by atoms with Gasteiger partial charge in [-0.1, -0.05) is 24.6 Å². The Morgan fingerprint density at radius 2 is 1.84 bits per heavy atom. The van der Waals surface area contributed by atoms with Crippen molar-refractivity contribution < 1.29 is 43.5 Å². The maximum absolute atomic E-state index is 13.7. The Labute approximate surface area is 213 Å². The number of rotatable bonds is 0. The lowest BCUT2D eigenvalue weighted by Gasteiger charge is -2.66. The van der Waals surface area contributed by atoms with Crippen molar-refractivity contribution in [3.8, 4) is 0 Å². The summed E-state index contributed by atoms with van der Waals surface area (Å²) in [5.74, 6) is -5.97. The molecule has 6 bridgehead atoms. The quantitative estimate of drug-likeness (QED) is 0.362. The molecule has 4 heterocycles. The minimum Gasteiger partial charge on any atom is -0.458 e. The Bertz CT molecular complexity index is 1340. The molecule has 13 atom stereocenters. The highest BCUT2D eigenvalue weighted by Gasteiger charge is 3.01. The van der Waals surface area contributed by atoms with Gasteiger partial charge in [-0.2, -0.15) is 0 Å². The van der Waals surface area contributed by atoms with Crippen molar-refractivity contribution in [3.63, 3.8) is 0 Å². The van der Waals surface area contributed by atoms with Gasteiger partial charge in [0.25, 0.3) is 0 Å². The second-order valence-corrected chi connectivity index (χ2v) is 13.7. The Balaban J connectivity index is 1.39. The van der Waals surface area contributed by atoms with Gasteiger partial charge < -0.3 is 29.2 Å².